The number of nitrogens with two attached hydrogens (primary N) is 1. The predicted octanol–water partition coefficient (Wildman–Crippen LogP) is 1.90. The van der Waals surface area contributed by atoms with Gasteiger partial charge in [-0.2, -0.15) is 0 Å². The molecule has 0 radical (unpaired) electrons. The number of rotatable bonds is 2. The van der Waals surface area contributed by atoms with Gasteiger partial charge < -0.3 is 10.6 Å². The second-order valence-corrected chi connectivity index (χ2v) is 6.13. The molecule has 0 aliphatic carbocycles. The number of pyridine rings is 1. The van der Waals surface area contributed by atoms with E-state index in [-0.39, 0.29) is 5.91 Å². The Morgan fingerprint density at radius 2 is 1.95 bits per heavy atom. The molecule has 5 nitrogen and oxygen atoms in total. The largest absolute Gasteiger partial charge is 0.368 e. The van der Waals surface area contributed by atoms with E-state index in [9.17, 15) is 9.59 Å². The summed E-state index contributed by atoms with van der Waals surface area (Å²) in [7, 11) is 0. The van der Waals surface area contributed by atoms with Gasteiger partial charge in [-0.15, -0.1) is 0 Å². The number of aromatic nitrogens is 1. The molecule has 1 aliphatic heterocycles. The molecule has 0 bridgehead atoms. The van der Waals surface area contributed by atoms with Gasteiger partial charge in [0.15, 0.2) is 0 Å². The average molecular weight is 360 g/mol. The summed E-state index contributed by atoms with van der Waals surface area (Å²) in [6, 6.07) is 8.83. The molecule has 2 N–H and O–H groups in total. The number of hydrogen-bond acceptors (Lipinski definition) is 3. The van der Waals surface area contributed by atoms with Crippen molar-refractivity contribution in [2.24, 2.45) is 5.73 Å². The van der Waals surface area contributed by atoms with Crippen LogP contribution in [0.4, 0.5) is 0 Å². The summed E-state index contributed by atoms with van der Waals surface area (Å²) in [6.07, 6.45) is 3.54. The van der Waals surface area contributed by atoms with Crippen LogP contribution in [-0.4, -0.2) is 27.7 Å². The van der Waals surface area contributed by atoms with Gasteiger partial charge in [0.05, 0.1) is 5.56 Å². The molecule has 0 saturated heterocycles. The number of primary amides is 1. The Bertz CT molecular complexity index is 748. The first-order valence-corrected chi connectivity index (χ1v) is 7.63. The fourth-order valence-electron chi connectivity index (χ4n) is 2.69. The molecule has 0 fully saturated rings. The Morgan fingerprint density at radius 3 is 2.64 bits per heavy atom. The maximum Gasteiger partial charge on any atom is 0.256 e. The molecule has 2 amide bonds. The number of fused-ring (bicyclic) bond motifs is 1. The van der Waals surface area contributed by atoms with Crippen LogP contribution in [0.2, 0.25) is 0 Å². The van der Waals surface area contributed by atoms with Crippen molar-refractivity contribution in [3.05, 3.63) is 63.9 Å². The molecule has 112 valence electrons. The van der Waals surface area contributed by atoms with Crippen molar-refractivity contribution in [3.63, 3.8) is 0 Å². The van der Waals surface area contributed by atoms with E-state index < -0.39 is 11.9 Å². The summed E-state index contributed by atoms with van der Waals surface area (Å²) in [4.78, 5) is 30.0. The molecule has 0 unspecified atom stereocenters. The fraction of sp³-hybridized carbons (Fsp3) is 0.188. The standard InChI is InChI=1S/C16H14BrN3O2/c17-13-5-12(7-19-8-13)16(22)20-9-11-4-2-1-3-10(11)6-14(20)15(18)21/h1-5,7-8,14H,6,9H2,(H2,18,21)/t14-/m0/s1. The normalized spacial score (nSPS) is 17.0. The summed E-state index contributed by atoms with van der Waals surface area (Å²) < 4.78 is 0.714. The van der Waals surface area contributed by atoms with E-state index in [2.05, 4.69) is 20.9 Å². The minimum absolute atomic E-state index is 0.243. The van der Waals surface area contributed by atoms with Crippen LogP contribution in [0.1, 0.15) is 21.5 Å². The molecular weight excluding hydrogens is 346 g/mol. The van der Waals surface area contributed by atoms with E-state index >= 15 is 0 Å². The van der Waals surface area contributed by atoms with Gasteiger partial charge in [0.2, 0.25) is 5.91 Å². The lowest BCUT2D eigenvalue weighted by atomic mass is 9.93. The summed E-state index contributed by atoms with van der Waals surface area (Å²) in [5, 5.41) is 0. The Hall–Kier alpha value is -2.21. The van der Waals surface area contributed by atoms with Crippen LogP contribution in [0, 0.1) is 0 Å². The van der Waals surface area contributed by atoms with Gasteiger partial charge in [0.25, 0.3) is 5.91 Å². The quantitative estimate of drug-likeness (QED) is 0.889. The van der Waals surface area contributed by atoms with Gasteiger partial charge in [0.1, 0.15) is 6.04 Å². The van der Waals surface area contributed by atoms with Crippen molar-refractivity contribution in [1.29, 1.82) is 0 Å². The first-order chi connectivity index (χ1) is 10.6. The van der Waals surface area contributed by atoms with Crippen LogP contribution >= 0.6 is 15.9 Å². The maximum atomic E-state index is 12.7. The van der Waals surface area contributed by atoms with E-state index in [0.717, 1.165) is 11.1 Å². The smallest absolute Gasteiger partial charge is 0.256 e. The van der Waals surface area contributed by atoms with Crippen molar-refractivity contribution >= 4 is 27.7 Å². The monoisotopic (exact) mass is 359 g/mol. The number of amides is 2. The maximum absolute atomic E-state index is 12.7. The molecule has 2 heterocycles. The van der Waals surface area contributed by atoms with E-state index in [4.69, 9.17) is 5.73 Å². The third-order valence-corrected chi connectivity index (χ3v) is 4.22. The van der Waals surface area contributed by atoms with Gasteiger partial charge >= 0.3 is 0 Å². The Kier molecular flexibility index (Phi) is 3.94. The zero-order valence-corrected chi connectivity index (χ0v) is 13.3. The molecule has 3 rings (SSSR count). The molecule has 1 aromatic carbocycles. The summed E-state index contributed by atoms with van der Waals surface area (Å²) in [5.41, 5.74) is 8.03. The lowest BCUT2D eigenvalue weighted by Gasteiger charge is -2.35. The first-order valence-electron chi connectivity index (χ1n) is 6.84. The van der Waals surface area contributed by atoms with Gasteiger partial charge in [-0.3, -0.25) is 14.6 Å². The Labute approximate surface area is 136 Å². The highest BCUT2D eigenvalue weighted by atomic mass is 79.9. The summed E-state index contributed by atoms with van der Waals surface area (Å²) >= 11 is 3.30. The molecule has 22 heavy (non-hydrogen) atoms. The van der Waals surface area contributed by atoms with E-state index in [1.165, 1.54) is 11.1 Å². The highest BCUT2D eigenvalue weighted by Crippen LogP contribution is 2.25. The lowest BCUT2D eigenvalue weighted by Crippen LogP contribution is -2.51. The molecule has 1 atom stereocenters. The van der Waals surface area contributed by atoms with Crippen LogP contribution < -0.4 is 5.73 Å². The van der Waals surface area contributed by atoms with Crippen molar-refractivity contribution < 1.29 is 9.59 Å². The zero-order chi connectivity index (χ0) is 15.7. The van der Waals surface area contributed by atoms with Crippen LogP contribution in [-0.2, 0) is 17.8 Å². The molecule has 2 aromatic rings. The van der Waals surface area contributed by atoms with Crippen molar-refractivity contribution in [2.75, 3.05) is 0 Å². The second kappa shape index (κ2) is 5.88. The van der Waals surface area contributed by atoms with Crippen molar-refractivity contribution in [3.8, 4) is 0 Å². The van der Waals surface area contributed by atoms with E-state index in [0.29, 0.717) is 23.0 Å². The van der Waals surface area contributed by atoms with Gasteiger partial charge in [-0.05, 0) is 33.1 Å². The summed E-state index contributed by atoms with van der Waals surface area (Å²) in [6.45, 7) is 0.370. The third-order valence-electron chi connectivity index (χ3n) is 3.79. The van der Waals surface area contributed by atoms with Crippen LogP contribution in [0.3, 0.4) is 0 Å². The molecule has 6 heteroatoms. The Morgan fingerprint density at radius 1 is 1.23 bits per heavy atom. The fourth-order valence-corrected chi connectivity index (χ4v) is 3.05. The highest BCUT2D eigenvalue weighted by molar-refractivity contribution is 9.10. The minimum Gasteiger partial charge on any atom is -0.368 e. The minimum atomic E-state index is -0.638. The highest BCUT2D eigenvalue weighted by Gasteiger charge is 2.33. The van der Waals surface area contributed by atoms with Gasteiger partial charge in [-0.1, -0.05) is 24.3 Å². The van der Waals surface area contributed by atoms with Crippen LogP contribution in [0.15, 0.2) is 47.2 Å². The molecular formula is C16H14BrN3O2. The topological polar surface area (TPSA) is 76.3 Å². The number of carbonyl (C=O) groups excluding carboxylic acids is 2. The average Bonchev–Trinajstić information content (AvgIpc) is 2.52. The number of hydrogen-bond donors (Lipinski definition) is 1. The Balaban J connectivity index is 1.97. The number of halogens is 1. The number of nitrogens with zero attached hydrogens (tertiary/aromatic N) is 2. The zero-order valence-electron chi connectivity index (χ0n) is 11.7. The molecule has 1 aliphatic rings. The van der Waals surface area contributed by atoms with E-state index in [1.807, 2.05) is 24.3 Å². The van der Waals surface area contributed by atoms with Gasteiger partial charge in [0, 0.05) is 29.8 Å². The first kappa shape index (κ1) is 14.7. The van der Waals surface area contributed by atoms with Crippen molar-refractivity contribution in [1.82, 2.24) is 9.88 Å². The SMILES string of the molecule is NC(=O)[C@@H]1Cc2ccccc2CN1C(=O)c1cncc(Br)c1. The summed E-state index contributed by atoms with van der Waals surface area (Å²) in [5.74, 6) is -0.738. The third kappa shape index (κ3) is 2.74. The second-order valence-electron chi connectivity index (χ2n) is 5.22. The molecule has 0 spiro atoms. The van der Waals surface area contributed by atoms with Crippen LogP contribution in [0.25, 0.3) is 0 Å². The van der Waals surface area contributed by atoms with Crippen LogP contribution in [0.5, 0.6) is 0 Å². The number of carbonyl (C=O) groups is 2. The lowest BCUT2D eigenvalue weighted by molar-refractivity contribution is -0.122. The van der Waals surface area contributed by atoms with Gasteiger partial charge in [-0.25, -0.2) is 0 Å². The predicted molar refractivity (Wildman–Crippen MR) is 84.9 cm³/mol. The van der Waals surface area contributed by atoms with Crippen molar-refractivity contribution in [2.45, 2.75) is 19.0 Å². The molecule has 1 aromatic heterocycles. The van der Waals surface area contributed by atoms with E-state index in [1.54, 1.807) is 12.3 Å². The number of benzene rings is 1. The molecule has 0 saturated carbocycles.